The highest BCUT2D eigenvalue weighted by molar-refractivity contribution is 5.84. The molecule has 0 amide bonds. The van der Waals surface area contributed by atoms with Gasteiger partial charge in [0.05, 0.1) is 25.4 Å². The summed E-state index contributed by atoms with van der Waals surface area (Å²) in [5.74, 6) is 0.0283. The third kappa shape index (κ3) is 3.56. The van der Waals surface area contributed by atoms with Crippen LogP contribution in [0.25, 0.3) is 0 Å². The van der Waals surface area contributed by atoms with Gasteiger partial charge in [0.1, 0.15) is 0 Å². The number of methoxy groups -OCH3 is 2. The van der Waals surface area contributed by atoms with Crippen molar-refractivity contribution in [1.29, 1.82) is 0 Å². The number of rotatable bonds is 5. The van der Waals surface area contributed by atoms with Crippen LogP contribution in [0.1, 0.15) is 5.56 Å². The van der Waals surface area contributed by atoms with E-state index in [9.17, 15) is 10.1 Å². The highest BCUT2D eigenvalue weighted by atomic mass is 16.6. The van der Waals surface area contributed by atoms with Crippen LogP contribution < -0.4 is 20.9 Å². The highest BCUT2D eigenvalue weighted by Crippen LogP contribution is 2.37. The molecule has 0 aliphatic carbocycles. The van der Waals surface area contributed by atoms with E-state index in [1.54, 1.807) is 0 Å². The first-order valence-corrected chi connectivity index (χ1v) is 5.02. The van der Waals surface area contributed by atoms with Crippen LogP contribution in [0.2, 0.25) is 0 Å². The minimum atomic E-state index is -0.584. The van der Waals surface area contributed by atoms with Gasteiger partial charge in [-0.2, -0.15) is 5.10 Å². The smallest absolute Gasteiger partial charge is 0.315 e. The average molecular weight is 267 g/mol. The molecule has 0 bridgehead atoms. The lowest BCUT2D eigenvalue weighted by molar-refractivity contribution is -0.385. The molecule has 1 aromatic carbocycles. The van der Waals surface area contributed by atoms with Crippen LogP contribution in [0, 0.1) is 10.1 Å². The number of nitrogens with two attached hydrogens (primary N) is 2. The zero-order valence-corrected chi connectivity index (χ0v) is 10.4. The van der Waals surface area contributed by atoms with Crippen LogP contribution >= 0.6 is 0 Å². The summed E-state index contributed by atoms with van der Waals surface area (Å²) in [5, 5.41) is 17.9. The van der Waals surface area contributed by atoms with Crippen molar-refractivity contribution in [3.63, 3.8) is 0 Å². The van der Waals surface area contributed by atoms with Crippen LogP contribution in [0.5, 0.6) is 11.5 Å². The Kier molecular flexibility index (Phi) is 4.63. The summed E-state index contributed by atoms with van der Waals surface area (Å²) >= 11 is 0. The van der Waals surface area contributed by atoms with E-state index in [2.05, 4.69) is 10.2 Å². The predicted molar refractivity (Wildman–Crippen MR) is 69.6 cm³/mol. The molecule has 0 unspecified atom stereocenters. The molecule has 0 atom stereocenters. The number of nitro benzene ring substituents is 1. The Bertz CT molecular complexity index is 537. The summed E-state index contributed by atoms with van der Waals surface area (Å²) in [6, 6.07) is 2.78. The Balaban J connectivity index is 3.29. The molecule has 9 heteroatoms. The molecule has 9 nitrogen and oxygen atoms in total. The molecule has 0 aliphatic rings. The van der Waals surface area contributed by atoms with Gasteiger partial charge < -0.3 is 20.9 Å². The maximum atomic E-state index is 10.9. The summed E-state index contributed by atoms with van der Waals surface area (Å²) in [4.78, 5) is 10.4. The number of ether oxygens (including phenoxy) is 2. The minimum absolute atomic E-state index is 0.0338. The van der Waals surface area contributed by atoms with E-state index in [4.69, 9.17) is 20.9 Å². The van der Waals surface area contributed by atoms with E-state index < -0.39 is 4.92 Å². The second kappa shape index (κ2) is 6.19. The Morgan fingerprint density at radius 3 is 2.53 bits per heavy atom. The fraction of sp³-hybridized carbons (Fsp3) is 0.200. The van der Waals surface area contributed by atoms with Crippen molar-refractivity contribution >= 4 is 17.9 Å². The molecule has 1 aromatic rings. The number of hydrogen-bond donors (Lipinski definition) is 2. The van der Waals surface area contributed by atoms with Gasteiger partial charge in [-0.1, -0.05) is 0 Å². The first-order chi connectivity index (χ1) is 8.99. The van der Waals surface area contributed by atoms with Crippen molar-refractivity contribution in [3.8, 4) is 11.5 Å². The number of nitrogens with zero attached hydrogens (tertiary/aromatic N) is 3. The first kappa shape index (κ1) is 14.2. The summed E-state index contributed by atoms with van der Waals surface area (Å²) in [7, 11) is 2.69. The lowest BCUT2D eigenvalue weighted by Gasteiger charge is -2.08. The fourth-order valence-corrected chi connectivity index (χ4v) is 1.34. The molecule has 19 heavy (non-hydrogen) atoms. The first-order valence-electron chi connectivity index (χ1n) is 5.02. The normalized spacial score (nSPS) is 10.2. The summed E-state index contributed by atoms with van der Waals surface area (Å²) in [6.45, 7) is 0. The maximum absolute atomic E-state index is 10.9. The second-order valence-electron chi connectivity index (χ2n) is 3.30. The summed E-state index contributed by atoms with van der Waals surface area (Å²) < 4.78 is 9.97. The third-order valence-electron chi connectivity index (χ3n) is 2.06. The predicted octanol–water partition coefficient (Wildman–Crippen LogP) is 0.219. The Morgan fingerprint density at radius 1 is 1.37 bits per heavy atom. The second-order valence-corrected chi connectivity index (χ2v) is 3.30. The van der Waals surface area contributed by atoms with Gasteiger partial charge in [0.15, 0.2) is 5.75 Å². The van der Waals surface area contributed by atoms with E-state index in [1.807, 2.05) is 0 Å². The minimum Gasteiger partial charge on any atom is -0.493 e. The topological polar surface area (TPSA) is 138 Å². The molecule has 102 valence electrons. The average Bonchev–Trinajstić information content (AvgIpc) is 2.36. The molecule has 0 aromatic heterocycles. The Morgan fingerprint density at radius 2 is 2.05 bits per heavy atom. The summed E-state index contributed by atoms with van der Waals surface area (Å²) in [5.41, 5.74) is 10.3. The van der Waals surface area contributed by atoms with Gasteiger partial charge in [0, 0.05) is 11.6 Å². The molecule has 0 aliphatic heterocycles. The lowest BCUT2D eigenvalue weighted by atomic mass is 10.2. The fourth-order valence-electron chi connectivity index (χ4n) is 1.34. The quantitative estimate of drug-likeness (QED) is 0.338. The molecular formula is C10H13N5O4. The van der Waals surface area contributed by atoms with Crippen molar-refractivity contribution in [2.45, 2.75) is 0 Å². The van der Waals surface area contributed by atoms with Crippen molar-refractivity contribution in [2.75, 3.05) is 14.2 Å². The summed E-state index contributed by atoms with van der Waals surface area (Å²) in [6.07, 6.45) is 1.26. The van der Waals surface area contributed by atoms with Crippen molar-refractivity contribution in [2.24, 2.45) is 21.7 Å². The van der Waals surface area contributed by atoms with Crippen LogP contribution in [0.15, 0.2) is 22.3 Å². The van der Waals surface area contributed by atoms with Crippen molar-refractivity contribution < 1.29 is 14.4 Å². The van der Waals surface area contributed by atoms with Crippen LogP contribution in [0.4, 0.5) is 5.69 Å². The zero-order valence-electron chi connectivity index (χ0n) is 10.4. The Hall–Kier alpha value is -2.84. The van der Waals surface area contributed by atoms with E-state index in [1.165, 1.54) is 32.6 Å². The Labute approximate surface area is 108 Å². The van der Waals surface area contributed by atoms with Gasteiger partial charge >= 0.3 is 5.69 Å². The molecule has 0 fully saturated rings. The van der Waals surface area contributed by atoms with Crippen LogP contribution in [-0.2, 0) is 0 Å². The van der Waals surface area contributed by atoms with Gasteiger partial charge in [-0.3, -0.25) is 10.1 Å². The third-order valence-corrected chi connectivity index (χ3v) is 2.06. The largest absolute Gasteiger partial charge is 0.493 e. The molecular weight excluding hydrogens is 254 g/mol. The van der Waals surface area contributed by atoms with E-state index in [0.29, 0.717) is 5.56 Å². The highest BCUT2D eigenvalue weighted by Gasteiger charge is 2.20. The van der Waals surface area contributed by atoms with Crippen LogP contribution in [-0.4, -0.2) is 31.3 Å². The molecule has 0 saturated carbocycles. The maximum Gasteiger partial charge on any atom is 0.315 e. The van der Waals surface area contributed by atoms with Gasteiger partial charge in [-0.15, -0.1) is 5.10 Å². The molecule has 0 radical (unpaired) electrons. The van der Waals surface area contributed by atoms with Crippen molar-refractivity contribution in [3.05, 3.63) is 27.8 Å². The van der Waals surface area contributed by atoms with Gasteiger partial charge in [0.2, 0.25) is 11.7 Å². The number of nitro groups is 1. The molecule has 0 heterocycles. The molecule has 0 saturated heterocycles. The monoisotopic (exact) mass is 267 g/mol. The van der Waals surface area contributed by atoms with Crippen LogP contribution in [0.3, 0.4) is 0 Å². The standard InChI is InChI=1S/C10H13N5O4/c1-18-8-4-6(5-13-14-10(11)12)3-7(15(16)17)9(8)19-2/h3-5H,1-2H3,(H4,11,12,14)/b13-5-. The molecule has 4 N–H and O–H groups in total. The van der Waals surface area contributed by atoms with Crippen molar-refractivity contribution in [1.82, 2.24) is 0 Å². The zero-order chi connectivity index (χ0) is 14.4. The SMILES string of the molecule is COc1cc(/C=N\N=C(N)N)cc([N+](=O)[O-])c1OC. The molecule has 0 spiro atoms. The lowest BCUT2D eigenvalue weighted by Crippen LogP contribution is -2.21. The van der Waals surface area contributed by atoms with Gasteiger partial charge in [0.25, 0.3) is 0 Å². The molecule has 1 rings (SSSR count). The van der Waals surface area contributed by atoms with E-state index in [-0.39, 0.29) is 23.1 Å². The number of benzene rings is 1. The van der Waals surface area contributed by atoms with Gasteiger partial charge in [-0.05, 0) is 6.07 Å². The number of guanidine groups is 1. The van der Waals surface area contributed by atoms with E-state index >= 15 is 0 Å². The number of hydrogen-bond acceptors (Lipinski definition) is 6. The van der Waals surface area contributed by atoms with E-state index in [0.717, 1.165) is 0 Å². The van der Waals surface area contributed by atoms with Gasteiger partial charge in [-0.25, -0.2) is 0 Å².